The Morgan fingerprint density at radius 1 is 0.603 bits per heavy atom. The number of anilines is 6. The first kappa shape index (κ1) is 34.4. The van der Waals surface area contributed by atoms with E-state index in [4.69, 9.17) is 14.6 Å². The lowest BCUT2D eigenvalue weighted by molar-refractivity contribution is -0.114. The van der Waals surface area contributed by atoms with E-state index >= 15 is 0 Å². The Kier molecular flexibility index (Phi) is 8.45. The summed E-state index contributed by atoms with van der Waals surface area (Å²) in [6.07, 6.45) is 11.4. The molecule has 0 bridgehead atoms. The topological polar surface area (TPSA) is 157 Å². The van der Waals surface area contributed by atoms with Gasteiger partial charge >= 0.3 is 0 Å². The van der Waals surface area contributed by atoms with E-state index in [0.717, 1.165) is 100 Å². The third kappa shape index (κ3) is 6.77. The Balaban J connectivity index is 1.01. The van der Waals surface area contributed by atoms with E-state index in [0.29, 0.717) is 18.1 Å². The first-order valence-electron chi connectivity index (χ1n) is 18.7. The molecule has 5 N–H and O–H groups in total. The van der Waals surface area contributed by atoms with Gasteiger partial charge < -0.3 is 30.5 Å². The molecule has 0 spiro atoms. The Labute approximate surface area is 331 Å². The molecule has 1 amide bonds. The molecule has 0 unspecified atom stereocenters. The molecule has 0 radical (unpaired) electrons. The average molecular weight is 759 g/mol. The Bertz CT molecular complexity index is 3140. The summed E-state index contributed by atoms with van der Waals surface area (Å²) in [6.45, 7) is 1.46. The lowest BCUT2D eigenvalue weighted by Gasteiger charge is -2.16. The van der Waals surface area contributed by atoms with E-state index in [1.165, 1.54) is 6.92 Å². The number of nitrogen functional groups attached to an aromatic ring is 1. The molecule has 0 saturated carbocycles. The van der Waals surface area contributed by atoms with Gasteiger partial charge in [0.25, 0.3) is 0 Å². The molecule has 280 valence electrons. The minimum Gasteiger partial charge on any atom is -0.456 e. The number of nitrogens with two attached hydrogens (primary N) is 1. The fourth-order valence-electron chi connectivity index (χ4n) is 7.34. The maximum Gasteiger partial charge on any atom is 0.222 e. The summed E-state index contributed by atoms with van der Waals surface area (Å²) in [4.78, 5) is 29.4. The van der Waals surface area contributed by atoms with Crippen LogP contribution < -0.4 is 21.7 Å². The summed E-state index contributed by atoms with van der Waals surface area (Å²) in [6, 6.07) is 36.2. The summed E-state index contributed by atoms with van der Waals surface area (Å²) in [5.41, 5.74) is 14.7. The van der Waals surface area contributed by atoms with Crippen LogP contribution in [0.25, 0.3) is 66.1 Å². The Hall–Kier alpha value is -8.05. The smallest absolute Gasteiger partial charge is 0.222 e. The molecule has 0 atom stereocenters. The number of nitrogens with zero attached hydrogens (tertiary/aromatic N) is 4. The summed E-state index contributed by atoms with van der Waals surface area (Å²) in [5, 5.41) is 15.7. The molecular formula is C47H34N8O3. The van der Waals surface area contributed by atoms with Crippen molar-refractivity contribution < 1.29 is 13.6 Å². The van der Waals surface area contributed by atoms with E-state index in [1.54, 1.807) is 24.5 Å². The highest BCUT2D eigenvalue weighted by Gasteiger charge is 2.16. The number of hydrogen-bond donors (Lipinski definition) is 4. The fraction of sp³-hybridized carbons (Fsp3) is 0.0426. The highest BCUT2D eigenvalue weighted by Crippen LogP contribution is 2.38. The predicted molar refractivity (Wildman–Crippen MR) is 230 cm³/mol. The van der Waals surface area contributed by atoms with Crippen LogP contribution in [0.2, 0.25) is 0 Å². The first-order valence-corrected chi connectivity index (χ1v) is 18.7. The molecule has 6 aromatic heterocycles. The van der Waals surface area contributed by atoms with Crippen molar-refractivity contribution in [2.24, 2.45) is 0 Å². The van der Waals surface area contributed by atoms with Crippen LogP contribution in [-0.2, 0) is 11.2 Å². The monoisotopic (exact) mass is 758 g/mol. The minimum atomic E-state index is -0.180. The fourth-order valence-corrected chi connectivity index (χ4v) is 7.34. The average Bonchev–Trinajstić information content (AvgIpc) is 3.86. The molecule has 11 heteroatoms. The number of furan rings is 2. The summed E-state index contributed by atoms with van der Waals surface area (Å²) in [7, 11) is 0. The molecule has 10 aromatic rings. The molecule has 0 aliphatic carbocycles. The van der Waals surface area contributed by atoms with Gasteiger partial charge in [0.1, 0.15) is 34.3 Å². The van der Waals surface area contributed by atoms with Crippen molar-refractivity contribution in [2.45, 2.75) is 13.3 Å². The van der Waals surface area contributed by atoms with Crippen molar-refractivity contribution in [3.05, 3.63) is 158 Å². The summed E-state index contributed by atoms with van der Waals surface area (Å²) in [5.74, 6) is 2.24. The maximum atomic E-state index is 11.6. The quantitative estimate of drug-likeness (QED) is 0.112. The predicted octanol–water partition coefficient (Wildman–Crippen LogP) is 11.0. The molecule has 6 heterocycles. The molecule has 0 aliphatic heterocycles. The van der Waals surface area contributed by atoms with Crippen molar-refractivity contribution in [3.8, 4) is 22.6 Å². The number of rotatable bonds is 9. The van der Waals surface area contributed by atoms with Crippen LogP contribution in [-0.4, -0.2) is 25.8 Å². The van der Waals surface area contributed by atoms with Crippen molar-refractivity contribution in [1.29, 1.82) is 0 Å². The third-order valence-corrected chi connectivity index (χ3v) is 10.1. The molecular weight excluding hydrogens is 725 g/mol. The zero-order valence-electron chi connectivity index (χ0n) is 31.2. The standard InChI is InChI=1S/C47H34N8O3/c1-27(56)53-47-13-11-36(24-52-47)55-41-20-38-33(22-50-26-40(38)44-17-29-4-2-3-5-42(29)57-44)16-32(41)14-28-6-7-30-18-45(58-43(30)15-28)39-25-49-21-31-8-9-34(19-37(31)39)54-35-10-12-46(48)51-23-35/h2-13,15-26,54-55H,14H2,1H3,(H2,48,51)(H,52,53,56). The number of amides is 1. The second-order valence-electron chi connectivity index (χ2n) is 14.2. The number of para-hydroxylation sites is 1. The number of benzene rings is 4. The Morgan fingerprint density at radius 3 is 2.05 bits per heavy atom. The largest absolute Gasteiger partial charge is 0.456 e. The highest BCUT2D eigenvalue weighted by molar-refractivity contribution is 6.01. The molecule has 10 rings (SSSR count). The summed E-state index contributed by atoms with van der Waals surface area (Å²) >= 11 is 0. The number of nitrogens with one attached hydrogen (secondary N) is 3. The number of pyridine rings is 4. The van der Waals surface area contributed by atoms with Crippen LogP contribution in [0.4, 0.5) is 34.4 Å². The lowest BCUT2D eigenvalue weighted by Crippen LogP contribution is -2.07. The van der Waals surface area contributed by atoms with Crippen LogP contribution in [0, 0.1) is 0 Å². The zero-order chi connectivity index (χ0) is 39.2. The van der Waals surface area contributed by atoms with Gasteiger partial charge in [0, 0.05) is 75.8 Å². The van der Waals surface area contributed by atoms with Gasteiger partial charge in [-0.15, -0.1) is 0 Å². The van der Waals surface area contributed by atoms with Crippen LogP contribution in [0.5, 0.6) is 0 Å². The van der Waals surface area contributed by atoms with Gasteiger partial charge in [-0.3, -0.25) is 14.8 Å². The molecule has 0 aliphatic rings. The van der Waals surface area contributed by atoms with Crippen molar-refractivity contribution >= 4 is 83.8 Å². The van der Waals surface area contributed by atoms with E-state index in [-0.39, 0.29) is 5.91 Å². The number of hydrogen-bond acceptors (Lipinski definition) is 10. The third-order valence-electron chi connectivity index (χ3n) is 10.1. The molecule has 0 saturated heterocycles. The van der Waals surface area contributed by atoms with Crippen molar-refractivity contribution in [3.63, 3.8) is 0 Å². The first-order chi connectivity index (χ1) is 28.4. The van der Waals surface area contributed by atoms with Gasteiger partial charge in [-0.2, -0.15) is 0 Å². The van der Waals surface area contributed by atoms with Gasteiger partial charge in [-0.1, -0.05) is 36.4 Å². The molecule has 0 fully saturated rings. The number of carbonyl (C=O) groups excluding carboxylic acids is 1. The molecule has 11 nitrogen and oxygen atoms in total. The molecule has 4 aromatic carbocycles. The van der Waals surface area contributed by atoms with E-state index in [2.05, 4.69) is 78.4 Å². The van der Waals surface area contributed by atoms with Crippen LogP contribution in [0.3, 0.4) is 0 Å². The van der Waals surface area contributed by atoms with Crippen LogP contribution in [0.1, 0.15) is 18.1 Å². The number of fused-ring (bicyclic) bond motifs is 4. The van der Waals surface area contributed by atoms with E-state index in [9.17, 15) is 4.79 Å². The molecule has 58 heavy (non-hydrogen) atoms. The van der Waals surface area contributed by atoms with Gasteiger partial charge in [-0.25, -0.2) is 9.97 Å². The maximum absolute atomic E-state index is 11.6. The lowest BCUT2D eigenvalue weighted by atomic mass is 9.97. The second-order valence-corrected chi connectivity index (χ2v) is 14.2. The van der Waals surface area contributed by atoms with Crippen molar-refractivity contribution in [2.75, 3.05) is 21.7 Å². The zero-order valence-corrected chi connectivity index (χ0v) is 31.2. The second kappa shape index (κ2) is 14.2. The van der Waals surface area contributed by atoms with Gasteiger partial charge in [-0.05, 0) is 101 Å². The minimum absolute atomic E-state index is 0.180. The van der Waals surface area contributed by atoms with Crippen molar-refractivity contribution in [1.82, 2.24) is 19.9 Å². The van der Waals surface area contributed by atoms with Gasteiger partial charge in [0.15, 0.2) is 0 Å². The van der Waals surface area contributed by atoms with E-state index in [1.807, 2.05) is 79.4 Å². The Morgan fingerprint density at radius 2 is 1.29 bits per heavy atom. The normalized spacial score (nSPS) is 11.4. The van der Waals surface area contributed by atoms with Crippen LogP contribution >= 0.6 is 0 Å². The van der Waals surface area contributed by atoms with Gasteiger partial charge in [0.05, 0.1) is 23.8 Å². The summed E-state index contributed by atoms with van der Waals surface area (Å²) < 4.78 is 12.9. The SMILES string of the molecule is CC(=O)Nc1ccc(Nc2cc3c(-c4cc5ccccc5o4)cncc3cc2Cc2ccc3cc(-c4cncc5ccc(Nc6ccc(N)nc6)cc45)oc3c2)cn1. The van der Waals surface area contributed by atoms with Gasteiger partial charge in [0.2, 0.25) is 5.91 Å². The highest BCUT2D eigenvalue weighted by atomic mass is 16.3. The number of aromatic nitrogens is 4. The number of carbonyl (C=O) groups is 1. The van der Waals surface area contributed by atoms with Crippen LogP contribution in [0.15, 0.2) is 155 Å². The van der Waals surface area contributed by atoms with E-state index < -0.39 is 0 Å².